The van der Waals surface area contributed by atoms with Gasteiger partial charge in [0.15, 0.2) is 0 Å². The largest absolute Gasteiger partial charge is 0.381 e. The van der Waals surface area contributed by atoms with Crippen molar-refractivity contribution in [2.45, 2.75) is 25.8 Å². The van der Waals surface area contributed by atoms with E-state index in [0.717, 1.165) is 34.8 Å². The van der Waals surface area contributed by atoms with Gasteiger partial charge in [0.1, 0.15) is 0 Å². The summed E-state index contributed by atoms with van der Waals surface area (Å²) in [6.07, 6.45) is 3.33. The maximum Gasteiger partial charge on any atom is 0.259 e. The quantitative estimate of drug-likeness (QED) is 0.746. The minimum atomic E-state index is -0.159. The number of H-pyrrole nitrogens is 1. The molecule has 0 unspecified atom stereocenters. The Morgan fingerprint density at radius 1 is 1.32 bits per heavy atom. The van der Waals surface area contributed by atoms with Crippen molar-refractivity contribution < 1.29 is 9.53 Å². The lowest BCUT2D eigenvalue weighted by atomic mass is 10.0. The van der Waals surface area contributed by atoms with Crippen LogP contribution < -0.4 is 10.9 Å². The SMILES string of the molecule is CNC(=O)c1cc2c(cc1C)[nH]c(=O)c1cnn(C3CCOCC3)c12. The Morgan fingerprint density at radius 3 is 2.80 bits per heavy atom. The van der Waals surface area contributed by atoms with Crippen LogP contribution in [0.15, 0.2) is 23.1 Å². The summed E-state index contributed by atoms with van der Waals surface area (Å²) in [5, 5.41) is 8.54. The summed E-state index contributed by atoms with van der Waals surface area (Å²) in [6.45, 7) is 3.24. The van der Waals surface area contributed by atoms with Crippen LogP contribution in [0, 0.1) is 6.92 Å². The van der Waals surface area contributed by atoms with E-state index in [0.29, 0.717) is 24.2 Å². The second kappa shape index (κ2) is 6.00. The van der Waals surface area contributed by atoms with E-state index >= 15 is 0 Å². The smallest absolute Gasteiger partial charge is 0.259 e. The van der Waals surface area contributed by atoms with E-state index in [-0.39, 0.29) is 17.5 Å². The van der Waals surface area contributed by atoms with Crippen LogP contribution in [0.3, 0.4) is 0 Å². The number of benzene rings is 1. The highest BCUT2D eigenvalue weighted by molar-refractivity contribution is 6.07. The molecule has 1 aliphatic rings. The number of aromatic amines is 1. The minimum absolute atomic E-state index is 0.143. The summed E-state index contributed by atoms with van der Waals surface area (Å²) >= 11 is 0. The van der Waals surface area contributed by atoms with Gasteiger partial charge in [-0.25, -0.2) is 0 Å². The zero-order valence-corrected chi connectivity index (χ0v) is 14.3. The molecule has 7 nitrogen and oxygen atoms in total. The molecule has 0 saturated carbocycles. The van der Waals surface area contributed by atoms with Crippen molar-refractivity contribution in [2.75, 3.05) is 20.3 Å². The molecule has 0 aliphatic carbocycles. The molecule has 1 amide bonds. The third-order valence-electron chi connectivity index (χ3n) is 4.92. The van der Waals surface area contributed by atoms with Crippen molar-refractivity contribution in [3.63, 3.8) is 0 Å². The maximum atomic E-state index is 12.5. The Morgan fingerprint density at radius 2 is 2.08 bits per heavy atom. The maximum absolute atomic E-state index is 12.5. The second-order valence-corrected chi connectivity index (χ2v) is 6.44. The summed E-state index contributed by atoms with van der Waals surface area (Å²) < 4.78 is 7.37. The first-order valence-corrected chi connectivity index (χ1v) is 8.44. The molecular formula is C18H20N4O3. The van der Waals surface area contributed by atoms with Crippen molar-refractivity contribution >= 4 is 27.7 Å². The third kappa shape index (κ3) is 2.51. The van der Waals surface area contributed by atoms with E-state index in [1.54, 1.807) is 13.2 Å². The predicted molar refractivity (Wildman–Crippen MR) is 95.1 cm³/mol. The number of carbonyl (C=O) groups is 1. The van der Waals surface area contributed by atoms with Gasteiger partial charge in [-0.2, -0.15) is 5.10 Å². The minimum Gasteiger partial charge on any atom is -0.381 e. The second-order valence-electron chi connectivity index (χ2n) is 6.44. The molecular weight excluding hydrogens is 320 g/mol. The normalized spacial score (nSPS) is 15.8. The number of aromatic nitrogens is 3. The van der Waals surface area contributed by atoms with Gasteiger partial charge in [-0.1, -0.05) is 0 Å². The molecule has 0 spiro atoms. The van der Waals surface area contributed by atoms with E-state index in [9.17, 15) is 9.59 Å². The average Bonchev–Trinajstić information content (AvgIpc) is 3.07. The summed E-state index contributed by atoms with van der Waals surface area (Å²) in [5.41, 5.74) is 2.77. The summed E-state index contributed by atoms with van der Waals surface area (Å²) in [5.74, 6) is -0.143. The highest BCUT2D eigenvalue weighted by Crippen LogP contribution is 2.29. The Hall–Kier alpha value is -2.67. The molecule has 0 radical (unpaired) electrons. The first-order valence-electron chi connectivity index (χ1n) is 8.44. The molecule has 130 valence electrons. The van der Waals surface area contributed by atoms with E-state index in [1.807, 2.05) is 23.7 Å². The number of nitrogens with one attached hydrogen (secondary N) is 2. The average molecular weight is 340 g/mol. The molecule has 25 heavy (non-hydrogen) atoms. The van der Waals surface area contributed by atoms with Crippen LogP contribution >= 0.6 is 0 Å². The van der Waals surface area contributed by atoms with Gasteiger partial charge in [0.05, 0.1) is 28.7 Å². The molecule has 4 rings (SSSR count). The molecule has 0 atom stereocenters. The Labute approximate surface area is 144 Å². The highest BCUT2D eigenvalue weighted by Gasteiger charge is 2.22. The van der Waals surface area contributed by atoms with E-state index in [2.05, 4.69) is 15.4 Å². The van der Waals surface area contributed by atoms with E-state index in [4.69, 9.17) is 4.74 Å². The van der Waals surface area contributed by atoms with Crippen LogP contribution in [0.2, 0.25) is 0 Å². The van der Waals surface area contributed by atoms with Gasteiger partial charge in [0.25, 0.3) is 11.5 Å². The molecule has 1 aromatic carbocycles. The summed E-state index contributed by atoms with van der Waals surface area (Å²) in [4.78, 5) is 27.6. The van der Waals surface area contributed by atoms with Crippen molar-refractivity contribution in [3.05, 3.63) is 39.8 Å². The Balaban J connectivity index is 2.04. The van der Waals surface area contributed by atoms with Gasteiger partial charge in [0.2, 0.25) is 0 Å². The lowest BCUT2D eigenvalue weighted by molar-refractivity contribution is 0.0675. The van der Waals surface area contributed by atoms with Gasteiger partial charge in [-0.05, 0) is 37.5 Å². The number of hydrogen-bond acceptors (Lipinski definition) is 4. The van der Waals surface area contributed by atoms with Gasteiger partial charge in [0, 0.05) is 31.2 Å². The van der Waals surface area contributed by atoms with Gasteiger partial charge in [-0.3, -0.25) is 14.3 Å². The molecule has 2 aromatic heterocycles. The predicted octanol–water partition coefficient (Wildman–Crippen LogP) is 1.90. The fourth-order valence-corrected chi connectivity index (χ4v) is 3.58. The van der Waals surface area contributed by atoms with E-state index < -0.39 is 0 Å². The van der Waals surface area contributed by atoms with Gasteiger partial charge in [-0.15, -0.1) is 0 Å². The first kappa shape index (κ1) is 15.8. The number of hydrogen-bond donors (Lipinski definition) is 2. The molecule has 3 aromatic rings. The van der Waals surface area contributed by atoms with Crippen molar-refractivity contribution in [1.29, 1.82) is 0 Å². The lowest BCUT2D eigenvalue weighted by Gasteiger charge is -2.23. The fraction of sp³-hybridized carbons (Fsp3) is 0.389. The van der Waals surface area contributed by atoms with E-state index in [1.165, 1.54) is 0 Å². The van der Waals surface area contributed by atoms with Crippen LogP contribution in [0.1, 0.15) is 34.8 Å². The van der Waals surface area contributed by atoms with Gasteiger partial charge >= 0.3 is 0 Å². The number of carbonyl (C=O) groups excluding carboxylic acids is 1. The van der Waals surface area contributed by atoms with Crippen molar-refractivity contribution in [2.24, 2.45) is 0 Å². The zero-order chi connectivity index (χ0) is 17.6. The highest BCUT2D eigenvalue weighted by atomic mass is 16.5. The zero-order valence-electron chi connectivity index (χ0n) is 14.3. The van der Waals surface area contributed by atoms with Crippen LogP contribution in [0.5, 0.6) is 0 Å². The number of pyridine rings is 1. The lowest BCUT2D eigenvalue weighted by Crippen LogP contribution is -2.21. The molecule has 1 saturated heterocycles. The van der Waals surface area contributed by atoms with Crippen LogP contribution in [-0.4, -0.2) is 40.9 Å². The molecule has 3 heterocycles. The Bertz CT molecular complexity index is 1030. The standard InChI is InChI=1S/C18H20N4O3/c1-10-7-15-13(8-12(10)17(23)19-2)16-14(18(24)21-15)9-20-22(16)11-3-5-25-6-4-11/h7-9,11H,3-6H2,1-2H3,(H,19,23)(H,21,24). The van der Waals surface area contributed by atoms with Gasteiger partial charge < -0.3 is 15.0 Å². The molecule has 1 fully saturated rings. The van der Waals surface area contributed by atoms with Crippen LogP contribution in [0.25, 0.3) is 21.8 Å². The number of fused-ring (bicyclic) bond motifs is 3. The topological polar surface area (TPSA) is 89.0 Å². The van der Waals surface area contributed by atoms with Crippen LogP contribution in [-0.2, 0) is 4.74 Å². The third-order valence-corrected chi connectivity index (χ3v) is 4.92. The molecule has 7 heteroatoms. The Kier molecular flexibility index (Phi) is 3.80. The molecule has 0 bridgehead atoms. The molecule has 1 aliphatic heterocycles. The molecule has 2 N–H and O–H groups in total. The van der Waals surface area contributed by atoms with Crippen molar-refractivity contribution in [1.82, 2.24) is 20.1 Å². The number of nitrogens with zero attached hydrogens (tertiary/aromatic N) is 2. The summed E-state index contributed by atoms with van der Waals surface area (Å²) in [6, 6.07) is 3.89. The first-order chi connectivity index (χ1) is 12.1. The van der Waals surface area contributed by atoms with Crippen LogP contribution in [0.4, 0.5) is 0 Å². The number of aryl methyl sites for hydroxylation is 1. The summed E-state index contributed by atoms with van der Waals surface area (Å²) in [7, 11) is 1.61. The number of ether oxygens (including phenoxy) is 1. The monoisotopic (exact) mass is 340 g/mol. The number of rotatable bonds is 2. The van der Waals surface area contributed by atoms with Crippen molar-refractivity contribution in [3.8, 4) is 0 Å². The fourth-order valence-electron chi connectivity index (χ4n) is 3.58. The number of amides is 1.